The number of aromatic nitrogens is 2. The summed E-state index contributed by atoms with van der Waals surface area (Å²) in [6.45, 7) is 0.579. The third-order valence-corrected chi connectivity index (χ3v) is 2.59. The van der Waals surface area contributed by atoms with Gasteiger partial charge in [-0.05, 0) is 33.6 Å². The highest BCUT2D eigenvalue weighted by atomic mass is 79.9. The summed E-state index contributed by atoms with van der Waals surface area (Å²) < 4.78 is 15.1. The van der Waals surface area contributed by atoms with Crippen LogP contribution >= 0.6 is 15.9 Å². The molecular formula is C10H9BrFN3. The van der Waals surface area contributed by atoms with Crippen molar-refractivity contribution < 1.29 is 4.39 Å². The maximum absolute atomic E-state index is 13.0. The molecular weight excluding hydrogens is 261 g/mol. The van der Waals surface area contributed by atoms with Crippen molar-refractivity contribution in [3.8, 4) is 0 Å². The summed E-state index contributed by atoms with van der Waals surface area (Å²) in [5.74, 6) is -0.265. The molecule has 2 N–H and O–H groups in total. The Bertz CT molecular complexity index is 481. The minimum Gasteiger partial charge on any atom is -0.396 e. The quantitative estimate of drug-likeness (QED) is 0.910. The van der Waals surface area contributed by atoms with E-state index in [9.17, 15) is 4.39 Å². The van der Waals surface area contributed by atoms with Gasteiger partial charge in [0.2, 0.25) is 0 Å². The molecule has 1 heterocycles. The standard InChI is InChI=1S/C10H9BrFN3/c11-9-3-7(1-2-10(9)12)5-15-6-8(13)4-14-15/h1-4,6H,5,13H2. The molecule has 0 fully saturated rings. The second-order valence-electron chi connectivity index (χ2n) is 3.22. The Morgan fingerprint density at radius 2 is 2.27 bits per heavy atom. The van der Waals surface area contributed by atoms with Gasteiger partial charge >= 0.3 is 0 Å². The van der Waals surface area contributed by atoms with Gasteiger partial charge in [0.05, 0.1) is 22.9 Å². The summed E-state index contributed by atoms with van der Waals surface area (Å²) in [4.78, 5) is 0. The lowest BCUT2D eigenvalue weighted by atomic mass is 10.2. The predicted molar refractivity (Wildman–Crippen MR) is 59.8 cm³/mol. The van der Waals surface area contributed by atoms with Crippen LogP contribution in [0.25, 0.3) is 0 Å². The summed E-state index contributed by atoms with van der Waals surface area (Å²) >= 11 is 3.14. The Balaban J connectivity index is 2.21. The van der Waals surface area contributed by atoms with E-state index < -0.39 is 0 Å². The third-order valence-electron chi connectivity index (χ3n) is 1.98. The van der Waals surface area contributed by atoms with Gasteiger partial charge in [-0.3, -0.25) is 4.68 Å². The van der Waals surface area contributed by atoms with Crippen LogP contribution in [0.4, 0.5) is 10.1 Å². The molecule has 0 bridgehead atoms. The highest BCUT2D eigenvalue weighted by Crippen LogP contribution is 2.17. The lowest BCUT2D eigenvalue weighted by Gasteiger charge is -2.02. The zero-order valence-corrected chi connectivity index (χ0v) is 9.41. The van der Waals surface area contributed by atoms with Crippen LogP contribution in [-0.4, -0.2) is 9.78 Å². The van der Waals surface area contributed by atoms with Gasteiger partial charge in [0.1, 0.15) is 5.82 Å². The van der Waals surface area contributed by atoms with Crippen molar-refractivity contribution in [2.45, 2.75) is 6.54 Å². The summed E-state index contributed by atoms with van der Waals surface area (Å²) in [5.41, 5.74) is 7.12. The van der Waals surface area contributed by atoms with Crippen LogP contribution in [-0.2, 0) is 6.54 Å². The smallest absolute Gasteiger partial charge is 0.137 e. The molecule has 0 saturated heterocycles. The van der Waals surface area contributed by atoms with Gasteiger partial charge in [-0.2, -0.15) is 5.10 Å². The zero-order valence-electron chi connectivity index (χ0n) is 7.82. The number of nitrogen functional groups attached to an aromatic ring is 1. The van der Waals surface area contributed by atoms with E-state index in [4.69, 9.17) is 5.73 Å². The van der Waals surface area contributed by atoms with Crippen molar-refractivity contribution >= 4 is 21.6 Å². The zero-order chi connectivity index (χ0) is 10.8. The lowest BCUT2D eigenvalue weighted by Crippen LogP contribution is -2.00. The molecule has 1 aromatic carbocycles. The number of hydrogen-bond donors (Lipinski definition) is 1. The van der Waals surface area contributed by atoms with E-state index in [2.05, 4.69) is 21.0 Å². The van der Waals surface area contributed by atoms with Gasteiger partial charge in [0.15, 0.2) is 0 Å². The van der Waals surface area contributed by atoms with Crippen LogP contribution in [0, 0.1) is 5.82 Å². The molecule has 5 heteroatoms. The van der Waals surface area contributed by atoms with E-state index in [-0.39, 0.29) is 5.82 Å². The molecule has 0 saturated carbocycles. The first kappa shape index (κ1) is 10.2. The Morgan fingerprint density at radius 3 is 2.87 bits per heavy atom. The highest BCUT2D eigenvalue weighted by molar-refractivity contribution is 9.10. The minimum absolute atomic E-state index is 0.265. The monoisotopic (exact) mass is 269 g/mol. The number of nitrogens with zero attached hydrogens (tertiary/aromatic N) is 2. The average Bonchev–Trinajstić information content (AvgIpc) is 2.58. The van der Waals surface area contributed by atoms with E-state index in [0.29, 0.717) is 16.7 Å². The normalized spacial score (nSPS) is 10.5. The molecule has 0 radical (unpaired) electrons. The van der Waals surface area contributed by atoms with Gasteiger partial charge < -0.3 is 5.73 Å². The molecule has 0 atom stereocenters. The maximum atomic E-state index is 13.0. The van der Waals surface area contributed by atoms with Crippen molar-refractivity contribution in [1.82, 2.24) is 9.78 Å². The van der Waals surface area contributed by atoms with Gasteiger partial charge in [-0.15, -0.1) is 0 Å². The number of anilines is 1. The first-order valence-electron chi connectivity index (χ1n) is 4.37. The Morgan fingerprint density at radius 1 is 1.47 bits per heavy atom. The fourth-order valence-corrected chi connectivity index (χ4v) is 1.72. The Labute approximate surface area is 94.8 Å². The van der Waals surface area contributed by atoms with Crippen LogP contribution in [0.2, 0.25) is 0 Å². The number of rotatable bonds is 2. The predicted octanol–water partition coefficient (Wildman–Crippen LogP) is 2.42. The molecule has 0 aliphatic carbocycles. The molecule has 2 aromatic rings. The Hall–Kier alpha value is -1.36. The molecule has 15 heavy (non-hydrogen) atoms. The number of nitrogens with two attached hydrogens (primary N) is 1. The molecule has 0 spiro atoms. The molecule has 3 nitrogen and oxygen atoms in total. The topological polar surface area (TPSA) is 43.8 Å². The maximum Gasteiger partial charge on any atom is 0.137 e. The summed E-state index contributed by atoms with van der Waals surface area (Å²) in [5, 5.41) is 4.05. The fourth-order valence-electron chi connectivity index (χ4n) is 1.29. The minimum atomic E-state index is -0.265. The number of hydrogen-bond acceptors (Lipinski definition) is 2. The molecule has 0 amide bonds. The molecule has 1 aromatic heterocycles. The van der Waals surface area contributed by atoms with Gasteiger partial charge in [0, 0.05) is 6.20 Å². The van der Waals surface area contributed by atoms with E-state index in [1.54, 1.807) is 29.2 Å². The van der Waals surface area contributed by atoms with Gasteiger partial charge in [0.25, 0.3) is 0 Å². The number of halogens is 2. The first-order chi connectivity index (χ1) is 7.15. The van der Waals surface area contributed by atoms with E-state index in [1.807, 2.05) is 0 Å². The van der Waals surface area contributed by atoms with Crippen LogP contribution in [0.15, 0.2) is 35.1 Å². The fraction of sp³-hybridized carbons (Fsp3) is 0.100. The van der Waals surface area contributed by atoms with Crippen molar-refractivity contribution in [1.29, 1.82) is 0 Å². The largest absolute Gasteiger partial charge is 0.396 e. The van der Waals surface area contributed by atoms with E-state index >= 15 is 0 Å². The first-order valence-corrected chi connectivity index (χ1v) is 5.16. The van der Waals surface area contributed by atoms with Crippen LogP contribution < -0.4 is 5.73 Å². The summed E-state index contributed by atoms with van der Waals surface area (Å²) in [6.07, 6.45) is 3.32. The van der Waals surface area contributed by atoms with Crippen LogP contribution in [0.1, 0.15) is 5.56 Å². The molecule has 0 aliphatic heterocycles. The van der Waals surface area contributed by atoms with Crippen molar-refractivity contribution in [3.05, 3.63) is 46.4 Å². The third kappa shape index (κ3) is 2.36. The van der Waals surface area contributed by atoms with Crippen LogP contribution in [0.5, 0.6) is 0 Å². The molecule has 0 aliphatic rings. The van der Waals surface area contributed by atoms with E-state index in [1.165, 1.54) is 6.07 Å². The Kier molecular flexibility index (Phi) is 2.73. The molecule has 78 valence electrons. The lowest BCUT2D eigenvalue weighted by molar-refractivity contribution is 0.617. The van der Waals surface area contributed by atoms with Crippen molar-refractivity contribution in [2.24, 2.45) is 0 Å². The summed E-state index contributed by atoms with van der Waals surface area (Å²) in [6, 6.07) is 4.87. The summed E-state index contributed by atoms with van der Waals surface area (Å²) in [7, 11) is 0. The van der Waals surface area contributed by atoms with E-state index in [0.717, 1.165) is 5.56 Å². The second-order valence-corrected chi connectivity index (χ2v) is 4.07. The van der Waals surface area contributed by atoms with Gasteiger partial charge in [-0.1, -0.05) is 6.07 Å². The molecule has 0 unspecified atom stereocenters. The van der Waals surface area contributed by atoms with Gasteiger partial charge in [-0.25, -0.2) is 4.39 Å². The van der Waals surface area contributed by atoms with Crippen molar-refractivity contribution in [3.63, 3.8) is 0 Å². The SMILES string of the molecule is Nc1cnn(Cc2ccc(F)c(Br)c2)c1. The van der Waals surface area contributed by atoms with Crippen molar-refractivity contribution in [2.75, 3.05) is 5.73 Å². The highest BCUT2D eigenvalue weighted by Gasteiger charge is 2.01. The number of benzene rings is 1. The average molecular weight is 270 g/mol. The second kappa shape index (κ2) is 4.02. The molecule has 2 rings (SSSR count). The van der Waals surface area contributed by atoms with Crippen LogP contribution in [0.3, 0.4) is 0 Å².